The van der Waals surface area contributed by atoms with Crippen molar-refractivity contribution in [3.63, 3.8) is 0 Å². The Kier molecular flexibility index (Phi) is 6.19. The first-order valence-corrected chi connectivity index (χ1v) is 8.22. The van der Waals surface area contributed by atoms with Crippen molar-refractivity contribution in [1.29, 1.82) is 0 Å². The largest absolute Gasteiger partial charge is 0.493 e. The molecule has 1 aliphatic rings. The first-order chi connectivity index (χ1) is 10.2. The summed E-state index contributed by atoms with van der Waals surface area (Å²) in [5.74, 6) is 2.16. The maximum atomic E-state index is 6.34. The van der Waals surface area contributed by atoms with E-state index in [4.69, 9.17) is 21.1 Å². The van der Waals surface area contributed by atoms with E-state index in [0.29, 0.717) is 22.6 Å². The van der Waals surface area contributed by atoms with Gasteiger partial charge in [-0.3, -0.25) is 0 Å². The maximum absolute atomic E-state index is 6.34. The highest BCUT2D eigenvalue weighted by molar-refractivity contribution is 6.32. The second kappa shape index (κ2) is 7.90. The molecule has 3 nitrogen and oxygen atoms in total. The molecule has 0 amide bonds. The lowest BCUT2D eigenvalue weighted by molar-refractivity contribution is 0.260. The summed E-state index contributed by atoms with van der Waals surface area (Å²) < 4.78 is 10.7. The lowest BCUT2D eigenvalue weighted by atomic mass is 9.79. The number of methoxy groups -OCH3 is 2. The molecule has 0 aromatic heterocycles. The van der Waals surface area contributed by atoms with E-state index in [1.54, 1.807) is 14.2 Å². The summed E-state index contributed by atoms with van der Waals surface area (Å²) in [7, 11) is 3.27. The molecule has 4 heteroatoms. The Bertz CT molecular complexity index is 460. The third-order valence-corrected chi connectivity index (χ3v) is 4.57. The lowest BCUT2D eigenvalue weighted by Gasteiger charge is -2.31. The minimum Gasteiger partial charge on any atom is -0.493 e. The van der Waals surface area contributed by atoms with Crippen LogP contribution in [0, 0.1) is 5.92 Å². The Morgan fingerprint density at radius 2 is 2.05 bits per heavy atom. The van der Waals surface area contributed by atoms with Gasteiger partial charge in [-0.15, -0.1) is 0 Å². The Balaban J connectivity index is 2.22. The lowest BCUT2D eigenvalue weighted by Crippen LogP contribution is -2.26. The molecule has 0 bridgehead atoms. The van der Waals surface area contributed by atoms with Gasteiger partial charge in [0.05, 0.1) is 19.2 Å². The third-order valence-electron chi connectivity index (χ3n) is 4.29. The van der Waals surface area contributed by atoms with E-state index in [2.05, 4.69) is 18.3 Å². The zero-order valence-corrected chi connectivity index (χ0v) is 14.0. The van der Waals surface area contributed by atoms with Gasteiger partial charge in [0.15, 0.2) is 11.5 Å². The molecule has 0 aliphatic heterocycles. The normalized spacial score (nSPS) is 16.4. The molecule has 0 spiro atoms. The molecule has 0 radical (unpaired) electrons. The van der Waals surface area contributed by atoms with Gasteiger partial charge < -0.3 is 14.8 Å². The van der Waals surface area contributed by atoms with Crippen molar-refractivity contribution < 1.29 is 9.47 Å². The summed E-state index contributed by atoms with van der Waals surface area (Å²) in [5, 5.41) is 4.26. The number of nitrogens with one attached hydrogen (secondary N) is 1. The molecule has 1 saturated carbocycles. The second-order valence-corrected chi connectivity index (χ2v) is 6.18. The van der Waals surface area contributed by atoms with Crippen LogP contribution in [0.1, 0.15) is 50.6 Å². The molecular weight excluding hydrogens is 286 g/mol. The summed E-state index contributed by atoms with van der Waals surface area (Å²) in [6.07, 6.45) is 6.38. The Morgan fingerprint density at radius 1 is 1.29 bits per heavy atom. The van der Waals surface area contributed by atoms with E-state index < -0.39 is 0 Å². The number of rotatable bonds is 8. The molecule has 1 fully saturated rings. The van der Waals surface area contributed by atoms with E-state index in [1.165, 1.54) is 31.2 Å². The predicted octanol–water partition coefficient (Wildman–Crippen LogP) is 4.59. The average Bonchev–Trinajstić information content (AvgIpc) is 2.44. The highest BCUT2D eigenvalue weighted by Crippen LogP contribution is 2.40. The molecule has 0 saturated heterocycles. The molecular formula is C17H26ClNO2. The van der Waals surface area contributed by atoms with Gasteiger partial charge in [0.1, 0.15) is 0 Å². The SMILES string of the molecule is CCCNC(CC1CCC1)c1cc(Cl)c(OC)c(OC)c1. The average molecular weight is 312 g/mol. The number of benzene rings is 1. The molecule has 1 aromatic rings. The van der Waals surface area contributed by atoms with Gasteiger partial charge in [0, 0.05) is 6.04 Å². The summed E-state index contributed by atoms with van der Waals surface area (Å²) in [4.78, 5) is 0. The fourth-order valence-corrected chi connectivity index (χ4v) is 3.15. The monoisotopic (exact) mass is 311 g/mol. The topological polar surface area (TPSA) is 30.5 Å². The number of hydrogen-bond donors (Lipinski definition) is 1. The Labute approximate surface area is 133 Å². The van der Waals surface area contributed by atoms with E-state index in [9.17, 15) is 0 Å². The minimum atomic E-state index is 0.340. The molecule has 1 atom stereocenters. The van der Waals surface area contributed by atoms with Crippen LogP contribution in [0.4, 0.5) is 0 Å². The third kappa shape index (κ3) is 4.04. The molecule has 21 heavy (non-hydrogen) atoms. The highest BCUT2D eigenvalue weighted by Gasteiger charge is 2.24. The smallest absolute Gasteiger partial charge is 0.179 e. The van der Waals surface area contributed by atoms with Crippen molar-refractivity contribution >= 4 is 11.6 Å². The van der Waals surface area contributed by atoms with Crippen molar-refractivity contribution in [2.24, 2.45) is 5.92 Å². The van der Waals surface area contributed by atoms with Crippen molar-refractivity contribution in [1.82, 2.24) is 5.32 Å². The van der Waals surface area contributed by atoms with Crippen LogP contribution in [0.15, 0.2) is 12.1 Å². The van der Waals surface area contributed by atoms with E-state index in [-0.39, 0.29) is 0 Å². The van der Waals surface area contributed by atoms with Crippen LogP contribution in [0.2, 0.25) is 5.02 Å². The van der Waals surface area contributed by atoms with Crippen molar-refractivity contribution in [2.75, 3.05) is 20.8 Å². The summed E-state index contributed by atoms with van der Waals surface area (Å²) in [6, 6.07) is 4.40. The van der Waals surface area contributed by atoms with Gasteiger partial charge in [-0.05, 0) is 43.0 Å². The number of ether oxygens (including phenoxy) is 2. The standard InChI is InChI=1S/C17H26ClNO2/c1-4-8-19-15(9-12-6-5-7-12)13-10-14(18)17(21-3)16(11-13)20-2/h10-12,15,19H,4-9H2,1-3H3. The van der Waals surface area contributed by atoms with Gasteiger partial charge in [0.2, 0.25) is 0 Å². The zero-order chi connectivity index (χ0) is 15.2. The Morgan fingerprint density at radius 3 is 2.57 bits per heavy atom. The van der Waals surface area contributed by atoms with Gasteiger partial charge >= 0.3 is 0 Å². The summed E-state index contributed by atoms with van der Waals surface area (Å²) in [6.45, 7) is 3.21. The van der Waals surface area contributed by atoms with E-state index >= 15 is 0 Å². The zero-order valence-electron chi connectivity index (χ0n) is 13.2. The molecule has 1 N–H and O–H groups in total. The maximum Gasteiger partial charge on any atom is 0.179 e. The van der Waals surface area contributed by atoms with Crippen molar-refractivity contribution in [3.8, 4) is 11.5 Å². The summed E-state index contributed by atoms with van der Waals surface area (Å²) in [5.41, 5.74) is 1.19. The van der Waals surface area contributed by atoms with Gasteiger partial charge in [0.25, 0.3) is 0 Å². The second-order valence-electron chi connectivity index (χ2n) is 5.78. The molecule has 2 rings (SSSR count). The van der Waals surface area contributed by atoms with Crippen molar-refractivity contribution in [3.05, 3.63) is 22.7 Å². The van der Waals surface area contributed by atoms with E-state index in [0.717, 1.165) is 18.9 Å². The van der Waals surface area contributed by atoms with Crippen LogP contribution in [0.5, 0.6) is 11.5 Å². The number of halogens is 1. The van der Waals surface area contributed by atoms with Crippen LogP contribution in [-0.4, -0.2) is 20.8 Å². The van der Waals surface area contributed by atoms with Crippen LogP contribution >= 0.6 is 11.6 Å². The molecule has 1 aliphatic carbocycles. The summed E-state index contributed by atoms with van der Waals surface area (Å²) >= 11 is 6.34. The fourth-order valence-electron chi connectivity index (χ4n) is 2.86. The molecule has 118 valence electrons. The van der Waals surface area contributed by atoms with Crippen LogP contribution in [-0.2, 0) is 0 Å². The highest BCUT2D eigenvalue weighted by atomic mass is 35.5. The first kappa shape index (κ1) is 16.4. The van der Waals surface area contributed by atoms with Gasteiger partial charge in [-0.25, -0.2) is 0 Å². The van der Waals surface area contributed by atoms with Crippen LogP contribution < -0.4 is 14.8 Å². The fraction of sp³-hybridized carbons (Fsp3) is 0.647. The Hall–Kier alpha value is -0.930. The number of hydrogen-bond acceptors (Lipinski definition) is 3. The molecule has 1 aromatic carbocycles. The molecule has 0 heterocycles. The molecule has 1 unspecified atom stereocenters. The van der Waals surface area contributed by atoms with Gasteiger partial charge in [-0.1, -0.05) is 37.8 Å². The first-order valence-electron chi connectivity index (χ1n) is 7.84. The van der Waals surface area contributed by atoms with Crippen LogP contribution in [0.3, 0.4) is 0 Å². The van der Waals surface area contributed by atoms with Crippen molar-refractivity contribution in [2.45, 2.75) is 45.1 Å². The van der Waals surface area contributed by atoms with Gasteiger partial charge in [-0.2, -0.15) is 0 Å². The predicted molar refractivity (Wildman–Crippen MR) is 87.5 cm³/mol. The quantitative estimate of drug-likeness (QED) is 0.761. The van der Waals surface area contributed by atoms with Crippen LogP contribution in [0.25, 0.3) is 0 Å². The minimum absolute atomic E-state index is 0.340. The van der Waals surface area contributed by atoms with E-state index in [1.807, 2.05) is 6.07 Å².